The van der Waals surface area contributed by atoms with Crippen molar-refractivity contribution in [2.45, 2.75) is 38.7 Å². The van der Waals surface area contributed by atoms with Gasteiger partial charge in [-0.05, 0) is 43.9 Å². The maximum Gasteiger partial charge on any atom is 0.357 e. The van der Waals surface area contributed by atoms with Crippen molar-refractivity contribution in [3.63, 3.8) is 0 Å². The SMILES string of the molecule is CCCOC1CCCN(C(=O)c2ccc3[nH]nc(C(=O)O)c3c2)CC1. The van der Waals surface area contributed by atoms with Gasteiger partial charge >= 0.3 is 5.97 Å². The van der Waals surface area contributed by atoms with Crippen LogP contribution in [0.5, 0.6) is 0 Å². The molecule has 0 aliphatic carbocycles. The lowest BCUT2D eigenvalue weighted by molar-refractivity contribution is 0.0432. The Morgan fingerprint density at radius 1 is 1.36 bits per heavy atom. The minimum atomic E-state index is -1.11. The Kier molecular flexibility index (Phi) is 5.33. The van der Waals surface area contributed by atoms with E-state index in [1.807, 2.05) is 4.90 Å². The van der Waals surface area contributed by atoms with E-state index in [9.17, 15) is 14.7 Å². The van der Waals surface area contributed by atoms with Gasteiger partial charge in [0.2, 0.25) is 0 Å². The van der Waals surface area contributed by atoms with Gasteiger partial charge in [0.1, 0.15) is 0 Å². The van der Waals surface area contributed by atoms with Crippen molar-refractivity contribution in [1.82, 2.24) is 15.1 Å². The monoisotopic (exact) mass is 345 g/mol. The van der Waals surface area contributed by atoms with Crippen LogP contribution in [-0.4, -0.2) is 57.9 Å². The van der Waals surface area contributed by atoms with E-state index in [4.69, 9.17) is 4.74 Å². The molecule has 1 atom stereocenters. The standard InChI is InChI=1S/C18H23N3O4/c1-2-10-25-13-4-3-8-21(9-7-13)17(22)12-5-6-15-14(11-12)16(18(23)24)20-19-15/h5-6,11,13H,2-4,7-10H2,1H3,(H,19,20)(H,23,24). The first-order chi connectivity index (χ1) is 12.1. The minimum absolute atomic E-state index is 0.0615. The largest absolute Gasteiger partial charge is 0.476 e. The van der Waals surface area contributed by atoms with Crippen LogP contribution in [0.1, 0.15) is 53.5 Å². The van der Waals surface area contributed by atoms with Gasteiger partial charge in [0.25, 0.3) is 5.91 Å². The average molecular weight is 345 g/mol. The number of benzene rings is 1. The van der Waals surface area contributed by atoms with Gasteiger partial charge in [-0.1, -0.05) is 6.92 Å². The third-order valence-corrected chi connectivity index (χ3v) is 4.53. The molecule has 1 unspecified atom stereocenters. The van der Waals surface area contributed by atoms with Gasteiger partial charge in [-0.15, -0.1) is 0 Å². The van der Waals surface area contributed by atoms with Crippen LogP contribution in [0.15, 0.2) is 18.2 Å². The predicted molar refractivity (Wildman–Crippen MR) is 92.8 cm³/mol. The number of likely N-dealkylation sites (tertiary alicyclic amines) is 1. The second-order valence-corrected chi connectivity index (χ2v) is 6.35. The van der Waals surface area contributed by atoms with E-state index < -0.39 is 5.97 Å². The summed E-state index contributed by atoms with van der Waals surface area (Å²) in [4.78, 5) is 25.9. The number of aromatic amines is 1. The number of fused-ring (bicyclic) bond motifs is 1. The van der Waals surface area contributed by atoms with Crippen molar-refractivity contribution in [2.75, 3.05) is 19.7 Å². The number of carboxylic acid groups (broad SMARTS) is 1. The Morgan fingerprint density at radius 2 is 2.20 bits per heavy atom. The number of aromatic carboxylic acids is 1. The quantitative estimate of drug-likeness (QED) is 0.868. The third kappa shape index (κ3) is 3.82. The highest BCUT2D eigenvalue weighted by Crippen LogP contribution is 2.21. The predicted octanol–water partition coefficient (Wildman–Crippen LogP) is 2.68. The number of H-pyrrole nitrogens is 1. The summed E-state index contributed by atoms with van der Waals surface area (Å²) in [5, 5.41) is 16.1. The lowest BCUT2D eigenvalue weighted by Crippen LogP contribution is -2.32. The number of rotatable bonds is 5. The highest BCUT2D eigenvalue weighted by molar-refractivity contribution is 6.04. The zero-order chi connectivity index (χ0) is 17.8. The summed E-state index contributed by atoms with van der Waals surface area (Å²) in [5.74, 6) is -1.18. The normalized spacial score (nSPS) is 18.3. The molecule has 0 radical (unpaired) electrons. The van der Waals surface area contributed by atoms with Crippen molar-refractivity contribution in [3.05, 3.63) is 29.5 Å². The van der Waals surface area contributed by atoms with Crippen LogP contribution in [0.25, 0.3) is 10.9 Å². The first-order valence-electron chi connectivity index (χ1n) is 8.72. The number of nitrogens with one attached hydrogen (secondary N) is 1. The van der Waals surface area contributed by atoms with Crippen LogP contribution in [-0.2, 0) is 4.74 Å². The van der Waals surface area contributed by atoms with Gasteiger partial charge in [-0.25, -0.2) is 4.79 Å². The highest BCUT2D eigenvalue weighted by atomic mass is 16.5. The van der Waals surface area contributed by atoms with Crippen molar-refractivity contribution in [1.29, 1.82) is 0 Å². The molecule has 2 heterocycles. The maximum absolute atomic E-state index is 12.8. The molecule has 2 aromatic rings. The zero-order valence-electron chi connectivity index (χ0n) is 14.3. The number of ether oxygens (including phenoxy) is 1. The lowest BCUT2D eigenvalue weighted by atomic mass is 10.1. The van der Waals surface area contributed by atoms with E-state index in [1.54, 1.807) is 18.2 Å². The van der Waals surface area contributed by atoms with Crippen molar-refractivity contribution in [2.24, 2.45) is 0 Å². The first-order valence-corrected chi connectivity index (χ1v) is 8.72. The summed E-state index contributed by atoms with van der Waals surface area (Å²) >= 11 is 0. The number of hydrogen-bond donors (Lipinski definition) is 2. The van der Waals surface area contributed by atoms with E-state index in [0.717, 1.165) is 32.3 Å². The summed E-state index contributed by atoms with van der Waals surface area (Å²) in [6.45, 7) is 4.19. The Hall–Kier alpha value is -2.41. The van der Waals surface area contributed by atoms with Gasteiger partial charge in [-0.2, -0.15) is 5.10 Å². The van der Waals surface area contributed by atoms with Crippen LogP contribution in [0.2, 0.25) is 0 Å². The second-order valence-electron chi connectivity index (χ2n) is 6.35. The summed E-state index contributed by atoms with van der Waals surface area (Å²) in [5.41, 5.74) is 1.04. The van der Waals surface area contributed by atoms with E-state index >= 15 is 0 Å². The lowest BCUT2D eigenvalue weighted by Gasteiger charge is -2.21. The van der Waals surface area contributed by atoms with Crippen LogP contribution in [0.4, 0.5) is 0 Å². The molecule has 1 fully saturated rings. The smallest absolute Gasteiger partial charge is 0.357 e. The van der Waals surface area contributed by atoms with E-state index in [2.05, 4.69) is 17.1 Å². The molecule has 7 nitrogen and oxygen atoms in total. The molecule has 0 saturated carbocycles. The number of carbonyl (C=O) groups is 2. The maximum atomic E-state index is 12.8. The average Bonchev–Trinajstić information content (AvgIpc) is 2.90. The number of aromatic nitrogens is 2. The highest BCUT2D eigenvalue weighted by Gasteiger charge is 2.23. The Morgan fingerprint density at radius 3 is 2.96 bits per heavy atom. The van der Waals surface area contributed by atoms with Crippen LogP contribution < -0.4 is 0 Å². The summed E-state index contributed by atoms with van der Waals surface area (Å²) < 4.78 is 5.82. The van der Waals surface area contributed by atoms with Gasteiger partial charge in [0, 0.05) is 30.6 Å². The van der Waals surface area contributed by atoms with Crippen molar-refractivity contribution >= 4 is 22.8 Å². The zero-order valence-corrected chi connectivity index (χ0v) is 14.3. The Bertz CT molecular complexity index is 771. The second kappa shape index (κ2) is 7.65. The molecule has 1 amide bonds. The summed E-state index contributed by atoms with van der Waals surface area (Å²) in [7, 11) is 0. The van der Waals surface area contributed by atoms with Gasteiger partial charge in [0.15, 0.2) is 5.69 Å². The Balaban J connectivity index is 1.75. The fraction of sp³-hybridized carbons (Fsp3) is 0.500. The molecule has 25 heavy (non-hydrogen) atoms. The van der Waals surface area contributed by atoms with Crippen LogP contribution >= 0.6 is 0 Å². The third-order valence-electron chi connectivity index (χ3n) is 4.53. The molecule has 1 saturated heterocycles. The number of carbonyl (C=O) groups excluding carboxylic acids is 1. The van der Waals surface area contributed by atoms with Gasteiger partial charge in [-0.3, -0.25) is 9.89 Å². The van der Waals surface area contributed by atoms with Crippen LogP contribution in [0.3, 0.4) is 0 Å². The molecule has 3 rings (SSSR count). The van der Waals surface area contributed by atoms with Crippen molar-refractivity contribution < 1.29 is 19.4 Å². The number of hydrogen-bond acceptors (Lipinski definition) is 4. The fourth-order valence-corrected chi connectivity index (χ4v) is 3.21. The Labute approximate surface area is 146 Å². The molecule has 134 valence electrons. The number of nitrogens with zero attached hydrogens (tertiary/aromatic N) is 2. The summed E-state index contributed by atoms with van der Waals surface area (Å²) in [6, 6.07) is 5.03. The van der Waals surface area contributed by atoms with E-state index in [1.165, 1.54) is 0 Å². The fourth-order valence-electron chi connectivity index (χ4n) is 3.21. The van der Waals surface area contributed by atoms with Gasteiger partial charge < -0.3 is 14.7 Å². The topological polar surface area (TPSA) is 95.5 Å². The first kappa shape index (κ1) is 17.4. The van der Waals surface area contributed by atoms with Crippen LogP contribution in [0, 0.1) is 0 Å². The molecule has 1 aliphatic rings. The number of carboxylic acids is 1. The summed E-state index contributed by atoms with van der Waals surface area (Å²) in [6.07, 6.45) is 3.92. The van der Waals surface area contributed by atoms with E-state index in [0.29, 0.717) is 29.6 Å². The molecule has 1 aromatic carbocycles. The minimum Gasteiger partial charge on any atom is -0.476 e. The number of amides is 1. The molecule has 0 spiro atoms. The molecule has 2 N–H and O–H groups in total. The molecule has 7 heteroatoms. The van der Waals surface area contributed by atoms with Crippen molar-refractivity contribution in [3.8, 4) is 0 Å². The molecular formula is C18H23N3O4. The van der Waals surface area contributed by atoms with E-state index in [-0.39, 0.29) is 17.7 Å². The molecule has 1 aromatic heterocycles. The molecule has 0 bridgehead atoms. The molecular weight excluding hydrogens is 322 g/mol. The molecule has 1 aliphatic heterocycles. The van der Waals surface area contributed by atoms with Gasteiger partial charge in [0.05, 0.1) is 11.6 Å².